The summed E-state index contributed by atoms with van der Waals surface area (Å²) in [6.45, 7) is 0. The molecule has 8 heteroatoms. The number of anilines is 1. The van der Waals surface area contributed by atoms with Crippen molar-refractivity contribution in [3.8, 4) is 0 Å². The molecule has 0 radical (unpaired) electrons. The average Bonchev–Trinajstić information content (AvgIpc) is 2.65. The molecule has 0 atom stereocenters. The number of amides is 1. The minimum Gasteiger partial charge on any atom is -0.481 e. The van der Waals surface area contributed by atoms with Crippen LogP contribution in [0.5, 0.6) is 0 Å². The molecule has 0 aliphatic carbocycles. The van der Waals surface area contributed by atoms with E-state index in [0.29, 0.717) is 0 Å². The Labute approximate surface area is 95.6 Å². The highest BCUT2D eigenvalue weighted by Gasteiger charge is 2.14. The van der Waals surface area contributed by atoms with Gasteiger partial charge in [-0.25, -0.2) is 4.79 Å². The van der Waals surface area contributed by atoms with E-state index < -0.39 is 17.8 Å². The highest BCUT2D eigenvalue weighted by Crippen LogP contribution is 2.11. The van der Waals surface area contributed by atoms with Gasteiger partial charge in [-0.05, 0) is 6.42 Å². The predicted octanol–water partition coefficient (Wildman–Crippen LogP) is 0.301. The molecule has 1 rings (SSSR count). The topological polar surface area (TPSA) is 132 Å². The van der Waals surface area contributed by atoms with E-state index in [0.717, 1.165) is 6.20 Å². The van der Waals surface area contributed by atoms with Crippen LogP contribution in [0.2, 0.25) is 0 Å². The van der Waals surface area contributed by atoms with Gasteiger partial charge in [0.2, 0.25) is 5.91 Å². The molecule has 0 saturated heterocycles. The Bertz CT molecular complexity index is 440. The number of nitrogens with one attached hydrogen (secondary N) is 2. The SMILES string of the molecule is O=C(O)CCCC(=O)Nc1[nH]ncc1C(=O)O. The Kier molecular flexibility index (Phi) is 4.21. The number of hydrogen-bond acceptors (Lipinski definition) is 4. The zero-order valence-electron chi connectivity index (χ0n) is 8.77. The van der Waals surface area contributed by atoms with Gasteiger partial charge < -0.3 is 15.5 Å². The van der Waals surface area contributed by atoms with E-state index in [1.54, 1.807) is 0 Å². The first-order valence-corrected chi connectivity index (χ1v) is 4.79. The molecule has 8 nitrogen and oxygen atoms in total. The molecule has 0 saturated carbocycles. The van der Waals surface area contributed by atoms with E-state index in [4.69, 9.17) is 10.2 Å². The molecular formula is C9H11N3O5. The number of carboxylic acids is 2. The van der Waals surface area contributed by atoms with Crippen LogP contribution in [-0.4, -0.2) is 38.3 Å². The lowest BCUT2D eigenvalue weighted by Crippen LogP contribution is -2.14. The first-order chi connectivity index (χ1) is 8.00. The smallest absolute Gasteiger partial charge is 0.341 e. The molecular weight excluding hydrogens is 230 g/mol. The quantitative estimate of drug-likeness (QED) is 0.566. The number of carbonyl (C=O) groups excluding carboxylic acids is 1. The highest BCUT2D eigenvalue weighted by atomic mass is 16.4. The van der Waals surface area contributed by atoms with Gasteiger partial charge in [0.25, 0.3) is 0 Å². The summed E-state index contributed by atoms with van der Waals surface area (Å²) in [5.41, 5.74) is -0.142. The molecule has 92 valence electrons. The van der Waals surface area contributed by atoms with E-state index in [1.807, 2.05) is 0 Å². The monoisotopic (exact) mass is 241 g/mol. The molecule has 1 heterocycles. The molecule has 1 amide bonds. The van der Waals surface area contributed by atoms with E-state index in [1.165, 1.54) is 0 Å². The fourth-order valence-corrected chi connectivity index (χ4v) is 1.15. The summed E-state index contributed by atoms with van der Waals surface area (Å²) in [5.74, 6) is -2.65. The molecule has 4 N–H and O–H groups in total. The summed E-state index contributed by atoms with van der Waals surface area (Å²) in [6.07, 6.45) is 1.17. The van der Waals surface area contributed by atoms with Crippen LogP contribution in [-0.2, 0) is 9.59 Å². The summed E-state index contributed by atoms with van der Waals surface area (Å²) >= 11 is 0. The van der Waals surface area contributed by atoms with Crippen molar-refractivity contribution in [2.75, 3.05) is 5.32 Å². The van der Waals surface area contributed by atoms with Gasteiger partial charge >= 0.3 is 11.9 Å². The highest BCUT2D eigenvalue weighted by molar-refractivity contribution is 5.99. The number of aromatic nitrogens is 2. The van der Waals surface area contributed by atoms with Gasteiger partial charge in [0.05, 0.1) is 6.20 Å². The third-order valence-corrected chi connectivity index (χ3v) is 1.93. The average molecular weight is 241 g/mol. The van der Waals surface area contributed by atoms with Gasteiger partial charge in [0.15, 0.2) is 0 Å². The Balaban J connectivity index is 2.48. The molecule has 0 aromatic carbocycles. The maximum absolute atomic E-state index is 11.3. The summed E-state index contributed by atoms with van der Waals surface area (Å²) in [7, 11) is 0. The number of hydrogen-bond donors (Lipinski definition) is 4. The number of carboxylic acid groups (broad SMARTS) is 2. The standard InChI is InChI=1S/C9H11N3O5/c13-6(2-1-3-7(14)15)11-8-5(9(16)17)4-10-12-8/h4H,1-3H2,(H,14,15)(H,16,17)(H2,10,11,12,13). The van der Waals surface area contributed by atoms with Crippen LogP contribution in [0.25, 0.3) is 0 Å². The van der Waals surface area contributed by atoms with Crippen LogP contribution in [0.1, 0.15) is 29.6 Å². The van der Waals surface area contributed by atoms with Crippen LogP contribution in [0, 0.1) is 0 Å². The van der Waals surface area contributed by atoms with Crippen LogP contribution in [0.4, 0.5) is 5.82 Å². The fraction of sp³-hybridized carbons (Fsp3) is 0.333. The number of carbonyl (C=O) groups is 3. The lowest BCUT2D eigenvalue weighted by molar-refractivity contribution is -0.137. The molecule has 1 aromatic heterocycles. The number of rotatable bonds is 6. The van der Waals surface area contributed by atoms with Crippen LogP contribution in [0.3, 0.4) is 0 Å². The molecule has 0 unspecified atom stereocenters. The zero-order chi connectivity index (χ0) is 12.8. The molecule has 0 aliphatic rings. The van der Waals surface area contributed by atoms with Gasteiger partial charge in [-0.15, -0.1) is 0 Å². The largest absolute Gasteiger partial charge is 0.481 e. The Hall–Kier alpha value is -2.38. The van der Waals surface area contributed by atoms with Crippen molar-refractivity contribution >= 4 is 23.7 Å². The molecule has 1 aromatic rings. The Morgan fingerprint density at radius 2 is 2.00 bits per heavy atom. The van der Waals surface area contributed by atoms with E-state index in [9.17, 15) is 14.4 Å². The van der Waals surface area contributed by atoms with Crippen molar-refractivity contribution in [3.63, 3.8) is 0 Å². The fourth-order valence-electron chi connectivity index (χ4n) is 1.15. The second-order valence-corrected chi connectivity index (χ2v) is 3.26. The summed E-state index contributed by atoms with van der Waals surface area (Å²) in [4.78, 5) is 32.2. The van der Waals surface area contributed by atoms with E-state index in [2.05, 4.69) is 15.5 Å². The number of H-pyrrole nitrogens is 1. The summed E-state index contributed by atoms with van der Waals surface area (Å²) in [5, 5.41) is 25.2. The second-order valence-electron chi connectivity index (χ2n) is 3.26. The molecule has 0 spiro atoms. The van der Waals surface area contributed by atoms with Gasteiger partial charge in [-0.3, -0.25) is 14.7 Å². The lowest BCUT2D eigenvalue weighted by Gasteiger charge is -2.02. The minimum absolute atomic E-state index is 0.00201. The lowest BCUT2D eigenvalue weighted by atomic mass is 10.2. The molecule has 0 bridgehead atoms. The van der Waals surface area contributed by atoms with E-state index >= 15 is 0 Å². The maximum atomic E-state index is 11.3. The molecule has 0 fully saturated rings. The molecule has 0 aliphatic heterocycles. The number of nitrogens with zero attached hydrogens (tertiary/aromatic N) is 1. The van der Waals surface area contributed by atoms with Crippen LogP contribution < -0.4 is 5.32 Å². The van der Waals surface area contributed by atoms with Gasteiger partial charge in [-0.1, -0.05) is 0 Å². The first kappa shape index (κ1) is 12.7. The Morgan fingerprint density at radius 1 is 1.29 bits per heavy atom. The summed E-state index contributed by atoms with van der Waals surface area (Å²) in [6, 6.07) is 0. The maximum Gasteiger partial charge on any atom is 0.341 e. The van der Waals surface area contributed by atoms with E-state index in [-0.39, 0.29) is 30.6 Å². The van der Waals surface area contributed by atoms with Crippen molar-refractivity contribution in [1.82, 2.24) is 10.2 Å². The van der Waals surface area contributed by atoms with Crippen molar-refractivity contribution in [1.29, 1.82) is 0 Å². The summed E-state index contributed by atoms with van der Waals surface area (Å²) < 4.78 is 0. The predicted molar refractivity (Wildman–Crippen MR) is 55.7 cm³/mol. The van der Waals surface area contributed by atoms with Crippen LogP contribution >= 0.6 is 0 Å². The van der Waals surface area contributed by atoms with Crippen molar-refractivity contribution in [2.24, 2.45) is 0 Å². The Morgan fingerprint density at radius 3 is 2.59 bits per heavy atom. The third-order valence-electron chi connectivity index (χ3n) is 1.93. The van der Waals surface area contributed by atoms with Crippen molar-refractivity contribution < 1.29 is 24.6 Å². The van der Waals surface area contributed by atoms with Crippen LogP contribution in [0.15, 0.2) is 6.20 Å². The van der Waals surface area contributed by atoms with Crippen molar-refractivity contribution in [2.45, 2.75) is 19.3 Å². The zero-order valence-corrected chi connectivity index (χ0v) is 8.77. The second kappa shape index (κ2) is 5.64. The van der Waals surface area contributed by atoms with Crippen molar-refractivity contribution in [3.05, 3.63) is 11.8 Å². The van der Waals surface area contributed by atoms with Gasteiger partial charge in [0, 0.05) is 12.8 Å². The number of aromatic carboxylic acids is 1. The molecule has 17 heavy (non-hydrogen) atoms. The normalized spacial score (nSPS) is 9.88. The van der Waals surface area contributed by atoms with Gasteiger partial charge in [0.1, 0.15) is 11.4 Å². The third kappa shape index (κ3) is 3.93. The van der Waals surface area contributed by atoms with Gasteiger partial charge in [-0.2, -0.15) is 5.10 Å². The minimum atomic E-state index is -1.21. The first-order valence-electron chi connectivity index (χ1n) is 4.79. The number of aromatic amines is 1. The number of aliphatic carboxylic acids is 1.